The summed E-state index contributed by atoms with van der Waals surface area (Å²) in [5.41, 5.74) is 0.793. The number of thioether (sulfide) groups is 1. The molecule has 7 nitrogen and oxygen atoms in total. The molecule has 0 unspecified atom stereocenters. The third kappa shape index (κ3) is 6.86. The number of anilines is 1. The monoisotopic (exact) mass is 490 g/mol. The zero-order chi connectivity index (χ0) is 24.5. The molecule has 0 radical (unpaired) electrons. The summed E-state index contributed by atoms with van der Waals surface area (Å²) in [7, 11) is 0. The number of ether oxygens (including phenoxy) is 2. The second-order valence-electron chi connectivity index (χ2n) is 7.91. The van der Waals surface area contributed by atoms with Gasteiger partial charge in [-0.3, -0.25) is 9.59 Å². The third-order valence-corrected chi connectivity index (χ3v) is 6.44. The van der Waals surface area contributed by atoms with Crippen molar-refractivity contribution in [2.75, 3.05) is 30.8 Å². The molecule has 2 amide bonds. The summed E-state index contributed by atoms with van der Waals surface area (Å²) in [5.74, 6) is 0.317. The number of likely N-dealkylation sites (tertiary alicyclic amines) is 1. The Balaban J connectivity index is 1.32. The number of amides is 2. The molecule has 8 heteroatoms. The third-order valence-electron chi connectivity index (χ3n) is 5.38. The van der Waals surface area contributed by atoms with Crippen molar-refractivity contribution in [3.63, 3.8) is 0 Å². The lowest BCUT2D eigenvalue weighted by Crippen LogP contribution is -2.29. The molecule has 0 saturated carbocycles. The van der Waals surface area contributed by atoms with Gasteiger partial charge in [-0.1, -0.05) is 42.5 Å². The van der Waals surface area contributed by atoms with Crippen LogP contribution in [-0.4, -0.2) is 48.1 Å². The fourth-order valence-corrected chi connectivity index (χ4v) is 4.57. The smallest absolute Gasteiger partial charge is 0.339 e. The standard InChI is InChI=1S/C27H26N2O5S/c30-25(28-22-13-5-6-14-23(22)34-20-10-2-1-3-11-20)18-33-27(32)21-12-4-7-15-24(21)35-19-26(31)29-16-8-9-17-29/h1-7,10-15H,8-9,16-19H2,(H,28,30). The first-order valence-electron chi connectivity index (χ1n) is 11.4. The highest BCUT2D eigenvalue weighted by Gasteiger charge is 2.20. The first-order valence-corrected chi connectivity index (χ1v) is 12.4. The van der Waals surface area contributed by atoms with Crippen LogP contribution in [0.25, 0.3) is 0 Å². The van der Waals surface area contributed by atoms with Crippen molar-refractivity contribution in [1.29, 1.82) is 0 Å². The van der Waals surface area contributed by atoms with Crippen LogP contribution in [0.4, 0.5) is 5.69 Å². The number of carbonyl (C=O) groups is 3. The molecule has 35 heavy (non-hydrogen) atoms. The lowest BCUT2D eigenvalue weighted by atomic mass is 10.2. The Morgan fingerprint density at radius 1 is 0.857 bits per heavy atom. The van der Waals surface area contributed by atoms with E-state index in [4.69, 9.17) is 9.47 Å². The SMILES string of the molecule is O=C(COC(=O)c1ccccc1SCC(=O)N1CCCC1)Nc1ccccc1Oc1ccccc1. The minimum Gasteiger partial charge on any atom is -0.455 e. The molecule has 0 spiro atoms. The van der Waals surface area contributed by atoms with Crippen molar-refractivity contribution in [3.05, 3.63) is 84.4 Å². The van der Waals surface area contributed by atoms with Gasteiger partial charge in [0.2, 0.25) is 5.91 Å². The van der Waals surface area contributed by atoms with Gasteiger partial charge in [0.05, 0.1) is 17.0 Å². The largest absolute Gasteiger partial charge is 0.455 e. The number of esters is 1. The Morgan fingerprint density at radius 2 is 1.54 bits per heavy atom. The number of hydrogen-bond acceptors (Lipinski definition) is 6. The first kappa shape index (κ1) is 24.3. The second-order valence-corrected chi connectivity index (χ2v) is 8.93. The maximum absolute atomic E-state index is 12.7. The Kier molecular flexibility index (Phi) is 8.40. The second kappa shape index (κ2) is 12.1. The molecule has 0 aromatic heterocycles. The Morgan fingerprint density at radius 3 is 2.34 bits per heavy atom. The predicted molar refractivity (Wildman–Crippen MR) is 135 cm³/mol. The van der Waals surface area contributed by atoms with Crippen LogP contribution < -0.4 is 10.1 Å². The van der Waals surface area contributed by atoms with Crippen molar-refractivity contribution in [1.82, 2.24) is 4.90 Å². The highest BCUT2D eigenvalue weighted by Crippen LogP contribution is 2.29. The molecule has 1 heterocycles. The molecule has 0 atom stereocenters. The van der Waals surface area contributed by atoms with E-state index in [0.717, 1.165) is 25.9 Å². The van der Waals surface area contributed by atoms with Gasteiger partial charge in [-0.05, 0) is 49.2 Å². The van der Waals surface area contributed by atoms with Gasteiger partial charge in [0.25, 0.3) is 5.91 Å². The molecular weight excluding hydrogens is 464 g/mol. The molecular formula is C27H26N2O5S. The van der Waals surface area contributed by atoms with E-state index in [2.05, 4.69) is 5.32 Å². The maximum Gasteiger partial charge on any atom is 0.339 e. The van der Waals surface area contributed by atoms with E-state index >= 15 is 0 Å². The van der Waals surface area contributed by atoms with Gasteiger partial charge in [-0.15, -0.1) is 11.8 Å². The topological polar surface area (TPSA) is 84.9 Å². The van der Waals surface area contributed by atoms with Crippen LogP contribution in [-0.2, 0) is 14.3 Å². The minimum atomic E-state index is -0.620. The highest BCUT2D eigenvalue weighted by molar-refractivity contribution is 8.00. The number of para-hydroxylation sites is 3. The van der Waals surface area contributed by atoms with Gasteiger partial charge in [0.1, 0.15) is 5.75 Å². The predicted octanol–water partition coefficient (Wildman–Crippen LogP) is 4.99. The molecule has 180 valence electrons. The van der Waals surface area contributed by atoms with Crippen LogP contribution in [0.3, 0.4) is 0 Å². The zero-order valence-corrected chi connectivity index (χ0v) is 20.0. The summed E-state index contributed by atoms with van der Waals surface area (Å²) in [5, 5.41) is 2.73. The van der Waals surface area contributed by atoms with Crippen molar-refractivity contribution in [2.45, 2.75) is 17.7 Å². The molecule has 4 rings (SSSR count). The van der Waals surface area contributed by atoms with Gasteiger partial charge in [0, 0.05) is 18.0 Å². The summed E-state index contributed by atoms with van der Waals surface area (Å²) in [6.07, 6.45) is 2.06. The van der Waals surface area contributed by atoms with E-state index in [9.17, 15) is 14.4 Å². The van der Waals surface area contributed by atoms with E-state index in [0.29, 0.717) is 27.6 Å². The zero-order valence-electron chi connectivity index (χ0n) is 19.1. The summed E-state index contributed by atoms with van der Waals surface area (Å²) in [6, 6.07) is 23.2. The van der Waals surface area contributed by atoms with E-state index in [-0.39, 0.29) is 11.7 Å². The molecule has 1 N–H and O–H groups in total. The van der Waals surface area contributed by atoms with Gasteiger partial charge < -0.3 is 19.7 Å². The van der Waals surface area contributed by atoms with Gasteiger partial charge >= 0.3 is 5.97 Å². The lowest BCUT2D eigenvalue weighted by molar-refractivity contribution is -0.127. The maximum atomic E-state index is 12.7. The summed E-state index contributed by atoms with van der Waals surface area (Å²) < 4.78 is 11.1. The highest BCUT2D eigenvalue weighted by atomic mass is 32.2. The lowest BCUT2D eigenvalue weighted by Gasteiger charge is -2.15. The van der Waals surface area contributed by atoms with Gasteiger partial charge in [0.15, 0.2) is 12.4 Å². The van der Waals surface area contributed by atoms with Gasteiger partial charge in [-0.25, -0.2) is 4.79 Å². The van der Waals surface area contributed by atoms with Crippen molar-refractivity contribution < 1.29 is 23.9 Å². The van der Waals surface area contributed by atoms with Crippen LogP contribution in [0.15, 0.2) is 83.8 Å². The number of nitrogens with one attached hydrogen (secondary N) is 1. The van der Waals surface area contributed by atoms with Crippen molar-refractivity contribution in [2.24, 2.45) is 0 Å². The van der Waals surface area contributed by atoms with E-state index in [1.165, 1.54) is 11.8 Å². The van der Waals surface area contributed by atoms with Crippen molar-refractivity contribution in [3.8, 4) is 11.5 Å². The molecule has 1 aliphatic heterocycles. The summed E-state index contributed by atoms with van der Waals surface area (Å²) in [6.45, 7) is 1.12. The summed E-state index contributed by atoms with van der Waals surface area (Å²) in [4.78, 5) is 40.0. The fraction of sp³-hybridized carbons (Fsp3) is 0.222. The minimum absolute atomic E-state index is 0.0615. The number of nitrogens with zero attached hydrogens (tertiary/aromatic N) is 1. The number of rotatable bonds is 9. The number of benzene rings is 3. The van der Waals surface area contributed by atoms with E-state index in [1.54, 1.807) is 48.5 Å². The average Bonchev–Trinajstić information content (AvgIpc) is 3.43. The van der Waals surface area contributed by atoms with Crippen molar-refractivity contribution >= 4 is 35.2 Å². The molecule has 1 saturated heterocycles. The molecule has 0 aliphatic carbocycles. The van der Waals surface area contributed by atoms with Crippen LogP contribution in [0.5, 0.6) is 11.5 Å². The van der Waals surface area contributed by atoms with Crippen LogP contribution >= 0.6 is 11.8 Å². The number of hydrogen-bond donors (Lipinski definition) is 1. The van der Waals surface area contributed by atoms with Gasteiger partial charge in [-0.2, -0.15) is 0 Å². The first-order chi connectivity index (χ1) is 17.1. The quantitative estimate of drug-likeness (QED) is 0.336. The molecule has 0 bridgehead atoms. The van der Waals surface area contributed by atoms with Crippen LogP contribution in [0, 0.1) is 0 Å². The molecule has 3 aromatic rings. The Labute approximate surface area is 208 Å². The van der Waals surface area contributed by atoms with Crippen LogP contribution in [0.1, 0.15) is 23.2 Å². The average molecular weight is 491 g/mol. The van der Waals surface area contributed by atoms with E-state index < -0.39 is 18.5 Å². The Bertz CT molecular complexity index is 1180. The van der Waals surface area contributed by atoms with Crippen LogP contribution in [0.2, 0.25) is 0 Å². The normalized spacial score (nSPS) is 12.7. The summed E-state index contributed by atoms with van der Waals surface area (Å²) >= 11 is 1.30. The molecule has 1 fully saturated rings. The molecule has 1 aliphatic rings. The Hall–Kier alpha value is -3.78. The number of carbonyl (C=O) groups excluding carboxylic acids is 3. The van der Waals surface area contributed by atoms with E-state index in [1.807, 2.05) is 35.2 Å². The molecule has 3 aromatic carbocycles. The fourth-order valence-electron chi connectivity index (χ4n) is 3.63.